The second-order valence-corrected chi connectivity index (χ2v) is 6.42. The predicted octanol–water partition coefficient (Wildman–Crippen LogP) is 4.98. The van der Waals surface area contributed by atoms with Gasteiger partial charge in [0.25, 0.3) is 0 Å². The summed E-state index contributed by atoms with van der Waals surface area (Å²) in [6, 6.07) is 11.2. The van der Waals surface area contributed by atoms with Gasteiger partial charge >= 0.3 is 0 Å². The van der Waals surface area contributed by atoms with Crippen LogP contribution in [0.2, 0.25) is 0 Å². The first-order chi connectivity index (χ1) is 11.3. The quantitative estimate of drug-likeness (QED) is 0.759. The Morgan fingerprint density at radius 3 is 1.87 bits per heavy atom. The maximum absolute atomic E-state index is 2.74. The first-order valence-electron chi connectivity index (χ1n) is 9.77. The highest BCUT2D eigenvalue weighted by Gasteiger charge is 2.24. The van der Waals surface area contributed by atoms with Crippen LogP contribution in [0.1, 0.15) is 58.4 Å². The van der Waals surface area contributed by atoms with Gasteiger partial charge in [-0.15, -0.1) is 0 Å². The Bertz CT molecular complexity index is 363. The largest absolute Gasteiger partial charge is 0.301 e. The molecule has 2 nitrogen and oxygen atoms in total. The second-order valence-electron chi connectivity index (χ2n) is 6.42. The van der Waals surface area contributed by atoms with E-state index in [1.165, 1.54) is 70.4 Å². The summed E-state index contributed by atoms with van der Waals surface area (Å²) < 4.78 is 0. The van der Waals surface area contributed by atoms with Crippen LogP contribution in [0.4, 0.5) is 0 Å². The lowest BCUT2D eigenvalue weighted by molar-refractivity contribution is 0.0817. The van der Waals surface area contributed by atoms with E-state index < -0.39 is 0 Å². The Kier molecular flexibility index (Phi) is 11.0. The fourth-order valence-corrected chi connectivity index (χ4v) is 3.43. The van der Waals surface area contributed by atoms with E-state index in [0.29, 0.717) is 0 Å². The standard InChI is InChI=1S/C12H24N2.C7H8.C2H6/c1-2-13-8-10-14(11-9-13)12-6-4-3-5-7-12;1-7-5-3-2-4-6-7;1-2/h12H,2-11H2,1H3;2-6H,1H3;1-2H3. The van der Waals surface area contributed by atoms with Crippen LogP contribution in [0.3, 0.4) is 0 Å². The van der Waals surface area contributed by atoms with Crippen LogP contribution in [-0.4, -0.2) is 48.6 Å². The SMILES string of the molecule is CC.CCN1CCN(C2CCCCC2)CC1.Cc1ccccc1. The zero-order chi connectivity index (χ0) is 16.9. The lowest BCUT2D eigenvalue weighted by Crippen LogP contribution is -2.50. The highest BCUT2D eigenvalue weighted by atomic mass is 15.3. The molecule has 2 aliphatic rings. The first kappa shape index (κ1) is 20.2. The molecule has 0 radical (unpaired) electrons. The number of piperazine rings is 1. The summed E-state index contributed by atoms with van der Waals surface area (Å²) in [7, 11) is 0. The molecule has 0 aromatic heterocycles. The van der Waals surface area contributed by atoms with Crippen LogP contribution in [0.5, 0.6) is 0 Å². The predicted molar refractivity (Wildman–Crippen MR) is 103 cm³/mol. The van der Waals surface area contributed by atoms with Gasteiger partial charge in [-0.25, -0.2) is 0 Å². The average Bonchev–Trinajstić information content (AvgIpc) is 2.65. The lowest BCUT2D eigenvalue weighted by Gasteiger charge is -2.40. The number of hydrogen-bond donors (Lipinski definition) is 0. The minimum absolute atomic E-state index is 0.933. The van der Waals surface area contributed by atoms with Crippen LogP contribution in [0.15, 0.2) is 30.3 Å². The smallest absolute Gasteiger partial charge is 0.0113 e. The molecule has 1 saturated carbocycles. The molecule has 1 aliphatic carbocycles. The Balaban J connectivity index is 0.000000247. The van der Waals surface area contributed by atoms with Gasteiger partial charge < -0.3 is 4.90 Å². The molecule has 0 N–H and O–H groups in total. The van der Waals surface area contributed by atoms with Crippen molar-refractivity contribution in [3.8, 4) is 0 Å². The van der Waals surface area contributed by atoms with Crippen LogP contribution in [-0.2, 0) is 0 Å². The van der Waals surface area contributed by atoms with Gasteiger partial charge in [0.05, 0.1) is 0 Å². The van der Waals surface area contributed by atoms with Crippen LogP contribution in [0.25, 0.3) is 0 Å². The summed E-state index contributed by atoms with van der Waals surface area (Å²) in [6.07, 6.45) is 7.35. The van der Waals surface area contributed by atoms with Gasteiger partial charge in [0.1, 0.15) is 0 Å². The number of benzene rings is 1. The van der Waals surface area contributed by atoms with E-state index in [4.69, 9.17) is 0 Å². The summed E-state index contributed by atoms with van der Waals surface area (Å²) in [5, 5.41) is 0. The van der Waals surface area contributed by atoms with Crippen molar-refractivity contribution in [1.29, 1.82) is 0 Å². The molecule has 1 saturated heterocycles. The summed E-state index contributed by atoms with van der Waals surface area (Å²) in [6.45, 7) is 14.8. The van der Waals surface area contributed by atoms with Crippen molar-refractivity contribution in [2.24, 2.45) is 0 Å². The second kappa shape index (κ2) is 12.5. The molecular formula is C21H38N2. The fourth-order valence-electron chi connectivity index (χ4n) is 3.43. The number of aryl methyl sites for hydroxylation is 1. The van der Waals surface area contributed by atoms with E-state index in [1.54, 1.807) is 0 Å². The topological polar surface area (TPSA) is 6.48 Å². The van der Waals surface area contributed by atoms with Crippen molar-refractivity contribution in [3.05, 3.63) is 35.9 Å². The molecule has 3 rings (SSSR count). The Morgan fingerprint density at radius 2 is 1.43 bits per heavy atom. The highest BCUT2D eigenvalue weighted by Crippen LogP contribution is 2.23. The van der Waals surface area contributed by atoms with E-state index in [2.05, 4.69) is 35.8 Å². The van der Waals surface area contributed by atoms with E-state index >= 15 is 0 Å². The van der Waals surface area contributed by atoms with Gasteiger partial charge in [-0.3, -0.25) is 4.90 Å². The molecule has 132 valence electrons. The first-order valence-corrected chi connectivity index (χ1v) is 9.77. The van der Waals surface area contributed by atoms with Gasteiger partial charge in [-0.2, -0.15) is 0 Å². The summed E-state index contributed by atoms with van der Waals surface area (Å²) in [5.74, 6) is 0. The average molecular weight is 319 g/mol. The number of nitrogens with zero attached hydrogens (tertiary/aromatic N) is 2. The van der Waals surface area contributed by atoms with Gasteiger partial charge in [0.2, 0.25) is 0 Å². The van der Waals surface area contributed by atoms with Gasteiger partial charge in [-0.1, -0.05) is 75.9 Å². The van der Waals surface area contributed by atoms with E-state index in [9.17, 15) is 0 Å². The zero-order valence-corrected chi connectivity index (χ0v) is 15.9. The highest BCUT2D eigenvalue weighted by molar-refractivity contribution is 5.11. The summed E-state index contributed by atoms with van der Waals surface area (Å²) in [4.78, 5) is 5.31. The minimum atomic E-state index is 0.933. The van der Waals surface area contributed by atoms with Crippen molar-refractivity contribution in [2.75, 3.05) is 32.7 Å². The Labute approximate surface area is 144 Å². The minimum Gasteiger partial charge on any atom is -0.301 e. The third-order valence-electron chi connectivity index (χ3n) is 4.89. The van der Waals surface area contributed by atoms with Gasteiger partial charge in [0.15, 0.2) is 0 Å². The van der Waals surface area contributed by atoms with E-state index in [1.807, 2.05) is 32.0 Å². The van der Waals surface area contributed by atoms with E-state index in [0.717, 1.165) is 6.04 Å². The molecule has 1 aromatic carbocycles. The number of hydrogen-bond acceptors (Lipinski definition) is 2. The molecule has 0 atom stereocenters. The number of likely N-dealkylation sites (N-methyl/N-ethyl adjacent to an activating group) is 1. The summed E-state index contributed by atoms with van der Waals surface area (Å²) in [5.41, 5.74) is 1.32. The van der Waals surface area contributed by atoms with Crippen LogP contribution in [0, 0.1) is 6.92 Å². The third kappa shape index (κ3) is 7.99. The van der Waals surface area contributed by atoms with Crippen molar-refractivity contribution >= 4 is 0 Å². The third-order valence-corrected chi connectivity index (χ3v) is 4.89. The molecule has 0 amide bonds. The molecule has 0 spiro atoms. The summed E-state index contributed by atoms with van der Waals surface area (Å²) >= 11 is 0. The molecule has 2 fully saturated rings. The molecule has 0 bridgehead atoms. The maximum atomic E-state index is 2.74. The molecular weight excluding hydrogens is 280 g/mol. The number of rotatable bonds is 2. The van der Waals surface area contributed by atoms with Crippen molar-refractivity contribution in [1.82, 2.24) is 9.80 Å². The van der Waals surface area contributed by atoms with Crippen LogP contribution < -0.4 is 0 Å². The zero-order valence-electron chi connectivity index (χ0n) is 15.9. The lowest BCUT2D eigenvalue weighted by atomic mass is 9.94. The molecule has 0 unspecified atom stereocenters. The van der Waals surface area contributed by atoms with Crippen molar-refractivity contribution in [3.63, 3.8) is 0 Å². The van der Waals surface area contributed by atoms with E-state index in [-0.39, 0.29) is 0 Å². The fraction of sp³-hybridized carbons (Fsp3) is 0.714. The molecule has 1 heterocycles. The van der Waals surface area contributed by atoms with Gasteiger partial charge in [-0.05, 0) is 26.3 Å². The van der Waals surface area contributed by atoms with Crippen molar-refractivity contribution in [2.45, 2.75) is 65.8 Å². The van der Waals surface area contributed by atoms with Crippen molar-refractivity contribution < 1.29 is 0 Å². The maximum Gasteiger partial charge on any atom is 0.0113 e. The Morgan fingerprint density at radius 1 is 0.870 bits per heavy atom. The molecule has 1 aliphatic heterocycles. The monoisotopic (exact) mass is 318 g/mol. The molecule has 1 aromatic rings. The Hall–Kier alpha value is -0.860. The normalized spacial score (nSPS) is 20.0. The van der Waals surface area contributed by atoms with Crippen LogP contribution >= 0.6 is 0 Å². The molecule has 2 heteroatoms. The molecule has 23 heavy (non-hydrogen) atoms. The van der Waals surface area contributed by atoms with Gasteiger partial charge in [0, 0.05) is 32.2 Å².